The molecule has 2 aromatic heterocycles. The summed E-state index contributed by atoms with van der Waals surface area (Å²) in [5.41, 5.74) is 1.86. The molecule has 0 amide bonds. The minimum absolute atomic E-state index is 0.699. The smallest absolute Gasteiger partial charge is 0.218 e. The van der Waals surface area contributed by atoms with E-state index in [1.54, 1.807) is 19.5 Å². The summed E-state index contributed by atoms with van der Waals surface area (Å²) in [7, 11) is 3.52. The number of nitrogens with one attached hydrogen (secondary N) is 1. The molecule has 0 spiro atoms. The average Bonchev–Trinajstić information content (AvgIpc) is 2.62. The lowest BCUT2D eigenvalue weighted by molar-refractivity contribution is 0.388. The highest BCUT2D eigenvalue weighted by molar-refractivity contribution is 5.41. The Morgan fingerprint density at radius 2 is 2.29 bits per heavy atom. The second-order valence-electron chi connectivity index (χ2n) is 2.92. The number of rotatable bonds is 3. The summed E-state index contributed by atoms with van der Waals surface area (Å²) in [5, 5.41) is 3.08. The maximum Gasteiger partial charge on any atom is 0.218 e. The number of imidazole rings is 1. The maximum absolute atomic E-state index is 5.21. The van der Waals surface area contributed by atoms with Gasteiger partial charge in [0.2, 0.25) is 5.88 Å². The van der Waals surface area contributed by atoms with E-state index in [1.165, 1.54) is 0 Å². The largest absolute Gasteiger partial charge is 0.481 e. The first kappa shape index (κ1) is 8.96. The summed E-state index contributed by atoms with van der Waals surface area (Å²) in [4.78, 5) is 8.25. The predicted octanol–water partition coefficient (Wildman–Crippen LogP) is 0.457. The van der Waals surface area contributed by atoms with Gasteiger partial charge in [-0.2, -0.15) is 0 Å². The topological polar surface area (TPSA) is 51.5 Å². The van der Waals surface area contributed by atoms with Gasteiger partial charge in [-0.25, -0.2) is 4.98 Å². The molecule has 74 valence electrons. The Bertz CT molecular complexity index is 437. The zero-order valence-electron chi connectivity index (χ0n) is 8.19. The molecule has 1 N–H and O–H groups in total. The Kier molecular flexibility index (Phi) is 2.32. The van der Waals surface area contributed by atoms with Crippen LogP contribution in [0.3, 0.4) is 0 Å². The van der Waals surface area contributed by atoms with E-state index in [0.717, 1.165) is 17.9 Å². The molecule has 0 aliphatic rings. The summed E-state index contributed by atoms with van der Waals surface area (Å²) >= 11 is 0. The van der Waals surface area contributed by atoms with Crippen molar-refractivity contribution in [2.45, 2.75) is 6.54 Å². The second-order valence-corrected chi connectivity index (χ2v) is 2.92. The van der Waals surface area contributed by atoms with Crippen molar-refractivity contribution in [2.24, 2.45) is 0 Å². The highest BCUT2D eigenvalue weighted by Crippen LogP contribution is 2.14. The molecule has 0 aliphatic carbocycles. The van der Waals surface area contributed by atoms with Gasteiger partial charge in [-0.15, -0.1) is 0 Å². The van der Waals surface area contributed by atoms with Gasteiger partial charge in [0, 0.05) is 6.54 Å². The fraction of sp³-hybridized carbons (Fsp3) is 0.333. The van der Waals surface area contributed by atoms with Crippen molar-refractivity contribution in [2.75, 3.05) is 14.2 Å². The van der Waals surface area contributed by atoms with Crippen molar-refractivity contribution < 1.29 is 4.74 Å². The highest BCUT2D eigenvalue weighted by Gasteiger charge is 2.06. The first-order valence-corrected chi connectivity index (χ1v) is 4.35. The van der Waals surface area contributed by atoms with Gasteiger partial charge in [0.15, 0.2) is 5.65 Å². The summed E-state index contributed by atoms with van der Waals surface area (Å²) in [5.74, 6) is 0.699. The van der Waals surface area contributed by atoms with Crippen molar-refractivity contribution >= 4 is 5.65 Å². The van der Waals surface area contributed by atoms with Crippen LogP contribution in [0.25, 0.3) is 5.65 Å². The molecule has 0 unspecified atom stereocenters. The molecular formula is C9H12N4O. The Morgan fingerprint density at radius 1 is 1.43 bits per heavy atom. The third-order valence-corrected chi connectivity index (χ3v) is 2.02. The number of ether oxygens (including phenoxy) is 1. The van der Waals surface area contributed by atoms with Crippen LogP contribution >= 0.6 is 0 Å². The van der Waals surface area contributed by atoms with Gasteiger partial charge in [0.1, 0.15) is 0 Å². The molecular weight excluding hydrogens is 180 g/mol. The van der Waals surface area contributed by atoms with Crippen LogP contribution in [0.15, 0.2) is 18.6 Å². The molecule has 5 nitrogen and oxygen atoms in total. The molecule has 0 atom stereocenters. The van der Waals surface area contributed by atoms with Crippen LogP contribution in [-0.2, 0) is 6.54 Å². The van der Waals surface area contributed by atoms with Crippen LogP contribution in [0.4, 0.5) is 0 Å². The Hall–Kier alpha value is -1.62. The van der Waals surface area contributed by atoms with Crippen LogP contribution in [-0.4, -0.2) is 28.5 Å². The third kappa shape index (κ3) is 1.31. The molecule has 2 rings (SSSR count). The van der Waals surface area contributed by atoms with Gasteiger partial charge in [-0.1, -0.05) is 0 Å². The quantitative estimate of drug-likeness (QED) is 0.767. The van der Waals surface area contributed by atoms with Crippen LogP contribution in [0.2, 0.25) is 0 Å². The van der Waals surface area contributed by atoms with E-state index < -0.39 is 0 Å². The monoisotopic (exact) mass is 192 g/mol. The Balaban J connectivity index is 2.62. The Morgan fingerprint density at radius 3 is 3.00 bits per heavy atom. The molecule has 5 heteroatoms. The lowest BCUT2D eigenvalue weighted by atomic mass is 10.4. The van der Waals surface area contributed by atoms with E-state index in [0.29, 0.717) is 5.88 Å². The number of fused-ring (bicyclic) bond motifs is 1. The minimum atomic E-state index is 0.699. The van der Waals surface area contributed by atoms with Crippen molar-refractivity contribution in [1.82, 2.24) is 19.7 Å². The van der Waals surface area contributed by atoms with Crippen molar-refractivity contribution in [3.05, 3.63) is 24.3 Å². The lowest BCUT2D eigenvalue weighted by Gasteiger charge is -2.05. The van der Waals surface area contributed by atoms with E-state index >= 15 is 0 Å². The number of hydrogen-bond acceptors (Lipinski definition) is 4. The van der Waals surface area contributed by atoms with E-state index in [4.69, 9.17) is 4.74 Å². The van der Waals surface area contributed by atoms with Gasteiger partial charge < -0.3 is 10.1 Å². The first-order valence-electron chi connectivity index (χ1n) is 4.35. The molecule has 0 saturated carbocycles. The number of nitrogens with zero attached hydrogens (tertiary/aromatic N) is 3. The molecule has 14 heavy (non-hydrogen) atoms. The summed E-state index contributed by atoms with van der Waals surface area (Å²) < 4.78 is 7.14. The molecule has 0 fully saturated rings. The molecule has 2 heterocycles. The molecule has 0 saturated heterocycles. The van der Waals surface area contributed by atoms with Gasteiger partial charge in [0.05, 0.1) is 31.4 Å². The second kappa shape index (κ2) is 3.63. The molecule has 0 radical (unpaired) electrons. The predicted molar refractivity (Wildman–Crippen MR) is 52.3 cm³/mol. The van der Waals surface area contributed by atoms with Gasteiger partial charge in [-0.3, -0.25) is 9.38 Å². The van der Waals surface area contributed by atoms with E-state index in [2.05, 4.69) is 15.3 Å². The maximum atomic E-state index is 5.21. The summed E-state index contributed by atoms with van der Waals surface area (Å²) in [6.07, 6.45) is 5.20. The minimum Gasteiger partial charge on any atom is -0.481 e. The first-order chi connectivity index (χ1) is 6.86. The summed E-state index contributed by atoms with van der Waals surface area (Å²) in [6, 6.07) is 0. The van der Waals surface area contributed by atoms with Gasteiger partial charge >= 0.3 is 0 Å². The zero-order chi connectivity index (χ0) is 9.97. The normalized spacial score (nSPS) is 10.7. The number of hydrogen-bond donors (Lipinski definition) is 1. The fourth-order valence-electron chi connectivity index (χ4n) is 1.42. The summed E-state index contributed by atoms with van der Waals surface area (Å²) in [6.45, 7) is 0.752. The van der Waals surface area contributed by atoms with Crippen molar-refractivity contribution in [1.29, 1.82) is 0 Å². The molecule has 0 bridgehead atoms. The number of aromatic nitrogens is 3. The highest BCUT2D eigenvalue weighted by atomic mass is 16.5. The fourth-order valence-corrected chi connectivity index (χ4v) is 1.42. The van der Waals surface area contributed by atoms with Gasteiger partial charge in [0.25, 0.3) is 0 Å². The Labute approximate surface area is 81.7 Å². The van der Waals surface area contributed by atoms with Gasteiger partial charge in [-0.05, 0) is 7.05 Å². The molecule has 0 aliphatic heterocycles. The van der Waals surface area contributed by atoms with Crippen molar-refractivity contribution in [3.8, 4) is 5.88 Å². The van der Waals surface area contributed by atoms with Crippen LogP contribution in [0.1, 0.15) is 5.69 Å². The van der Waals surface area contributed by atoms with E-state index in [9.17, 15) is 0 Å². The van der Waals surface area contributed by atoms with Crippen LogP contribution in [0.5, 0.6) is 5.88 Å². The van der Waals surface area contributed by atoms with Crippen LogP contribution < -0.4 is 10.1 Å². The zero-order valence-corrected chi connectivity index (χ0v) is 8.19. The average molecular weight is 192 g/mol. The number of methoxy groups -OCH3 is 1. The third-order valence-electron chi connectivity index (χ3n) is 2.02. The lowest BCUT2D eigenvalue weighted by Crippen LogP contribution is -2.08. The van der Waals surface area contributed by atoms with Crippen LogP contribution in [0, 0.1) is 0 Å². The SMILES string of the molecule is CNCc1cnc2cncc(OC)n12. The van der Waals surface area contributed by atoms with E-state index in [-0.39, 0.29) is 0 Å². The van der Waals surface area contributed by atoms with E-state index in [1.807, 2.05) is 17.6 Å². The standard InChI is InChI=1S/C9H12N4O/c1-10-3-7-4-12-8-5-11-6-9(14-2)13(7)8/h4-6,10H,3H2,1-2H3. The molecule has 2 aromatic rings. The molecule has 0 aromatic carbocycles. The van der Waals surface area contributed by atoms with Crippen molar-refractivity contribution in [3.63, 3.8) is 0 Å².